The molecule has 0 aliphatic rings. The number of hydrogen-bond acceptors (Lipinski definition) is 3. The first-order valence-electron chi connectivity index (χ1n) is 8.13. The molecule has 0 heterocycles. The Labute approximate surface area is 130 Å². The zero-order valence-electron chi connectivity index (χ0n) is 14.3. The van der Waals surface area contributed by atoms with Crippen LogP contribution < -0.4 is 10.5 Å². The molecule has 3 nitrogen and oxygen atoms in total. The average molecular weight is 292 g/mol. The topological polar surface area (TPSA) is 38.5 Å². The molecule has 0 saturated carbocycles. The highest BCUT2D eigenvalue weighted by Crippen LogP contribution is 2.18. The van der Waals surface area contributed by atoms with Crippen molar-refractivity contribution in [3.8, 4) is 5.75 Å². The van der Waals surface area contributed by atoms with E-state index in [9.17, 15) is 0 Å². The molecule has 120 valence electrons. The maximum absolute atomic E-state index is 6.39. The molecule has 21 heavy (non-hydrogen) atoms. The van der Waals surface area contributed by atoms with Gasteiger partial charge in [0.05, 0.1) is 6.61 Å². The lowest BCUT2D eigenvalue weighted by atomic mass is 10.1. The SMILES string of the molecule is CCOc1ccc(C(N)CN(CC(C)C)CC(C)C)cc1. The van der Waals surface area contributed by atoms with E-state index in [1.165, 1.54) is 5.56 Å². The number of benzene rings is 1. The first-order chi connectivity index (χ1) is 9.92. The van der Waals surface area contributed by atoms with E-state index in [0.717, 1.165) is 25.4 Å². The Balaban J connectivity index is 2.64. The highest BCUT2D eigenvalue weighted by Gasteiger charge is 2.15. The minimum Gasteiger partial charge on any atom is -0.494 e. The second-order valence-electron chi connectivity index (χ2n) is 6.61. The van der Waals surface area contributed by atoms with Crippen LogP contribution in [0.3, 0.4) is 0 Å². The van der Waals surface area contributed by atoms with Crippen molar-refractivity contribution in [1.29, 1.82) is 0 Å². The Hall–Kier alpha value is -1.06. The van der Waals surface area contributed by atoms with Crippen molar-refractivity contribution < 1.29 is 4.74 Å². The summed E-state index contributed by atoms with van der Waals surface area (Å²) in [4.78, 5) is 2.48. The van der Waals surface area contributed by atoms with Crippen LogP contribution in [0.2, 0.25) is 0 Å². The van der Waals surface area contributed by atoms with E-state index in [4.69, 9.17) is 10.5 Å². The van der Waals surface area contributed by atoms with Gasteiger partial charge in [-0.3, -0.25) is 0 Å². The lowest BCUT2D eigenvalue weighted by Crippen LogP contribution is -2.37. The van der Waals surface area contributed by atoms with Crippen LogP contribution in [-0.2, 0) is 0 Å². The molecular formula is C18H32N2O. The van der Waals surface area contributed by atoms with Crippen molar-refractivity contribution in [3.05, 3.63) is 29.8 Å². The fraction of sp³-hybridized carbons (Fsp3) is 0.667. The third-order valence-electron chi connectivity index (χ3n) is 3.32. The largest absolute Gasteiger partial charge is 0.494 e. The fourth-order valence-electron chi connectivity index (χ4n) is 2.62. The van der Waals surface area contributed by atoms with Gasteiger partial charge in [-0.25, -0.2) is 0 Å². The minimum absolute atomic E-state index is 0.0539. The zero-order chi connectivity index (χ0) is 15.8. The molecule has 1 aromatic rings. The van der Waals surface area contributed by atoms with E-state index < -0.39 is 0 Å². The molecule has 0 bridgehead atoms. The van der Waals surface area contributed by atoms with Crippen LogP contribution in [0.15, 0.2) is 24.3 Å². The molecule has 1 aromatic carbocycles. The second kappa shape index (κ2) is 9.06. The summed E-state index contributed by atoms with van der Waals surface area (Å²) in [5.74, 6) is 2.24. The van der Waals surface area contributed by atoms with E-state index in [0.29, 0.717) is 18.4 Å². The van der Waals surface area contributed by atoms with E-state index in [1.807, 2.05) is 19.1 Å². The Morgan fingerprint density at radius 3 is 1.90 bits per heavy atom. The van der Waals surface area contributed by atoms with Gasteiger partial charge >= 0.3 is 0 Å². The lowest BCUT2D eigenvalue weighted by molar-refractivity contribution is 0.207. The summed E-state index contributed by atoms with van der Waals surface area (Å²) in [6.07, 6.45) is 0. The molecule has 0 aromatic heterocycles. The van der Waals surface area contributed by atoms with Gasteiger partial charge in [-0.15, -0.1) is 0 Å². The predicted octanol–water partition coefficient (Wildman–Crippen LogP) is 3.70. The summed E-state index contributed by atoms with van der Waals surface area (Å²) in [6, 6.07) is 8.23. The standard InChI is InChI=1S/C18H32N2O/c1-6-21-17-9-7-16(8-10-17)18(19)13-20(11-14(2)3)12-15(4)5/h7-10,14-15,18H,6,11-13,19H2,1-5H3. The van der Waals surface area contributed by atoms with Gasteiger partial charge in [0.15, 0.2) is 0 Å². The molecule has 0 amide bonds. The first kappa shape index (κ1) is 18.0. The molecule has 3 heteroatoms. The molecule has 0 aliphatic carbocycles. The van der Waals surface area contributed by atoms with Crippen molar-refractivity contribution in [2.45, 2.75) is 40.7 Å². The van der Waals surface area contributed by atoms with E-state index >= 15 is 0 Å². The summed E-state index contributed by atoms with van der Waals surface area (Å²) in [7, 11) is 0. The Bertz CT molecular complexity index is 377. The zero-order valence-corrected chi connectivity index (χ0v) is 14.3. The molecular weight excluding hydrogens is 260 g/mol. The molecule has 0 aliphatic heterocycles. The van der Waals surface area contributed by atoms with Crippen LogP contribution in [0, 0.1) is 11.8 Å². The smallest absolute Gasteiger partial charge is 0.119 e. The van der Waals surface area contributed by atoms with Crippen molar-refractivity contribution in [1.82, 2.24) is 4.90 Å². The summed E-state index contributed by atoms with van der Waals surface area (Å²) >= 11 is 0. The normalized spacial score (nSPS) is 13.2. The number of nitrogens with two attached hydrogens (primary N) is 1. The first-order valence-corrected chi connectivity index (χ1v) is 8.13. The molecule has 0 saturated heterocycles. The summed E-state index contributed by atoms with van der Waals surface area (Å²) in [5.41, 5.74) is 7.57. The maximum Gasteiger partial charge on any atom is 0.119 e. The van der Waals surface area contributed by atoms with Crippen LogP contribution >= 0.6 is 0 Å². The fourth-order valence-corrected chi connectivity index (χ4v) is 2.62. The Kier molecular flexibility index (Phi) is 7.76. The lowest BCUT2D eigenvalue weighted by Gasteiger charge is -2.29. The highest BCUT2D eigenvalue weighted by atomic mass is 16.5. The molecule has 0 spiro atoms. The van der Waals surface area contributed by atoms with Crippen molar-refractivity contribution in [3.63, 3.8) is 0 Å². The Morgan fingerprint density at radius 2 is 1.48 bits per heavy atom. The average Bonchev–Trinajstić information content (AvgIpc) is 2.38. The summed E-state index contributed by atoms with van der Waals surface area (Å²) in [6.45, 7) is 14.8. The third kappa shape index (κ3) is 6.96. The van der Waals surface area contributed by atoms with E-state index in [1.54, 1.807) is 0 Å². The van der Waals surface area contributed by atoms with Gasteiger partial charge in [0, 0.05) is 25.7 Å². The summed E-state index contributed by atoms with van der Waals surface area (Å²) < 4.78 is 5.48. The Morgan fingerprint density at radius 1 is 0.952 bits per heavy atom. The van der Waals surface area contributed by atoms with Gasteiger partial charge in [0.2, 0.25) is 0 Å². The van der Waals surface area contributed by atoms with Gasteiger partial charge in [-0.2, -0.15) is 0 Å². The maximum atomic E-state index is 6.39. The number of rotatable bonds is 9. The number of hydrogen-bond donors (Lipinski definition) is 1. The van der Waals surface area contributed by atoms with Gasteiger partial charge in [0.25, 0.3) is 0 Å². The van der Waals surface area contributed by atoms with E-state index in [2.05, 4.69) is 44.7 Å². The van der Waals surface area contributed by atoms with Crippen LogP contribution in [0.5, 0.6) is 5.75 Å². The van der Waals surface area contributed by atoms with E-state index in [-0.39, 0.29) is 6.04 Å². The van der Waals surface area contributed by atoms with Crippen molar-refractivity contribution in [2.24, 2.45) is 17.6 Å². The van der Waals surface area contributed by atoms with Crippen LogP contribution in [-0.4, -0.2) is 31.1 Å². The van der Waals surface area contributed by atoms with Gasteiger partial charge in [-0.1, -0.05) is 39.8 Å². The molecule has 2 N–H and O–H groups in total. The van der Waals surface area contributed by atoms with Gasteiger partial charge in [0.1, 0.15) is 5.75 Å². The monoisotopic (exact) mass is 292 g/mol. The molecule has 0 fully saturated rings. The van der Waals surface area contributed by atoms with Crippen molar-refractivity contribution >= 4 is 0 Å². The molecule has 1 atom stereocenters. The third-order valence-corrected chi connectivity index (χ3v) is 3.32. The van der Waals surface area contributed by atoms with Gasteiger partial charge in [-0.05, 0) is 36.5 Å². The predicted molar refractivity (Wildman–Crippen MR) is 90.7 cm³/mol. The van der Waals surface area contributed by atoms with Crippen LogP contribution in [0.25, 0.3) is 0 Å². The number of nitrogens with zero attached hydrogens (tertiary/aromatic N) is 1. The minimum atomic E-state index is 0.0539. The molecule has 1 rings (SSSR count). The quantitative estimate of drug-likeness (QED) is 0.754. The van der Waals surface area contributed by atoms with Gasteiger partial charge < -0.3 is 15.4 Å². The van der Waals surface area contributed by atoms with Crippen LogP contribution in [0.1, 0.15) is 46.2 Å². The number of ether oxygens (including phenoxy) is 1. The molecule has 0 radical (unpaired) electrons. The van der Waals surface area contributed by atoms with Crippen molar-refractivity contribution in [2.75, 3.05) is 26.2 Å². The second-order valence-corrected chi connectivity index (χ2v) is 6.61. The summed E-state index contributed by atoms with van der Waals surface area (Å²) in [5, 5.41) is 0. The highest BCUT2D eigenvalue weighted by molar-refractivity contribution is 5.29. The van der Waals surface area contributed by atoms with Crippen LogP contribution in [0.4, 0.5) is 0 Å². The molecule has 1 unspecified atom stereocenters.